The number of carbonyl (C=O) groups is 1. The third-order valence-electron chi connectivity index (χ3n) is 3.91. The maximum Gasteiger partial charge on any atom is 0.322 e. The van der Waals surface area contributed by atoms with Gasteiger partial charge in [-0.25, -0.2) is 0 Å². The number of carbonyl (C=O) groups excluding carboxylic acids is 1. The van der Waals surface area contributed by atoms with E-state index in [1.165, 1.54) is 45.8 Å². The van der Waals surface area contributed by atoms with Gasteiger partial charge in [-0.05, 0) is 39.3 Å². The molecule has 0 aliphatic carbocycles. The highest BCUT2D eigenvalue weighted by atomic mass is 16.5. The Morgan fingerprint density at radius 2 is 2.28 bits per heavy atom. The number of ether oxygens (including phenoxy) is 1. The average Bonchev–Trinajstić information content (AvgIpc) is 2.41. The minimum absolute atomic E-state index is 0.151. The van der Waals surface area contributed by atoms with Crippen LogP contribution in [0.4, 0.5) is 0 Å². The van der Waals surface area contributed by atoms with E-state index in [-0.39, 0.29) is 12.0 Å². The number of likely N-dealkylation sites (N-methyl/N-ethyl adjacent to an activating group) is 1. The smallest absolute Gasteiger partial charge is 0.322 e. The van der Waals surface area contributed by atoms with Crippen molar-refractivity contribution in [1.82, 2.24) is 10.2 Å². The summed E-state index contributed by atoms with van der Waals surface area (Å²) in [5.74, 6) is -0.151. The van der Waals surface area contributed by atoms with Crippen molar-refractivity contribution >= 4 is 5.97 Å². The fourth-order valence-corrected chi connectivity index (χ4v) is 2.83. The first-order valence-electron chi connectivity index (χ1n) is 7.22. The molecule has 2 atom stereocenters. The number of likely N-dealkylation sites (tertiary alicyclic amines) is 1. The third-order valence-corrected chi connectivity index (χ3v) is 3.91. The monoisotopic (exact) mass is 256 g/mol. The van der Waals surface area contributed by atoms with Gasteiger partial charge in [-0.3, -0.25) is 4.79 Å². The Morgan fingerprint density at radius 3 is 2.89 bits per heavy atom. The second-order valence-corrected chi connectivity index (χ2v) is 5.13. The topological polar surface area (TPSA) is 41.6 Å². The number of hydrogen-bond donors (Lipinski definition) is 1. The van der Waals surface area contributed by atoms with Gasteiger partial charge in [-0.15, -0.1) is 0 Å². The number of esters is 1. The number of nitrogens with one attached hydrogen (secondary N) is 1. The molecule has 1 N–H and O–H groups in total. The van der Waals surface area contributed by atoms with Crippen LogP contribution in [0.3, 0.4) is 0 Å². The van der Waals surface area contributed by atoms with Gasteiger partial charge >= 0.3 is 5.97 Å². The van der Waals surface area contributed by atoms with Crippen LogP contribution in [0.15, 0.2) is 0 Å². The summed E-state index contributed by atoms with van der Waals surface area (Å²) in [6, 6.07) is 0.554. The largest absolute Gasteiger partial charge is 0.468 e. The van der Waals surface area contributed by atoms with Crippen molar-refractivity contribution in [3.63, 3.8) is 0 Å². The van der Waals surface area contributed by atoms with Crippen LogP contribution in [0.2, 0.25) is 0 Å². The first-order valence-corrected chi connectivity index (χ1v) is 7.22. The average molecular weight is 256 g/mol. The van der Waals surface area contributed by atoms with Crippen LogP contribution in [0, 0.1) is 0 Å². The minimum atomic E-state index is -0.167. The summed E-state index contributed by atoms with van der Waals surface area (Å²) in [5.41, 5.74) is 0. The van der Waals surface area contributed by atoms with E-state index in [9.17, 15) is 4.79 Å². The van der Waals surface area contributed by atoms with Crippen LogP contribution in [0.5, 0.6) is 0 Å². The molecule has 18 heavy (non-hydrogen) atoms. The summed E-state index contributed by atoms with van der Waals surface area (Å²) in [4.78, 5) is 14.1. The molecule has 1 rings (SSSR count). The number of rotatable bonds is 7. The standard InChI is InChI=1S/C14H28N2O2/c1-4-7-12-8-5-6-10-16(12)11-9-13(15-2)14(17)18-3/h12-13,15H,4-11H2,1-3H3. The summed E-state index contributed by atoms with van der Waals surface area (Å²) in [6.45, 7) is 4.42. The molecular weight excluding hydrogens is 228 g/mol. The number of hydrogen-bond acceptors (Lipinski definition) is 4. The van der Waals surface area contributed by atoms with Gasteiger partial charge < -0.3 is 15.0 Å². The van der Waals surface area contributed by atoms with E-state index in [0.717, 1.165) is 19.0 Å². The predicted octanol–water partition coefficient (Wildman–Crippen LogP) is 1.79. The van der Waals surface area contributed by atoms with Gasteiger partial charge in [0.15, 0.2) is 0 Å². The zero-order valence-corrected chi connectivity index (χ0v) is 12.1. The summed E-state index contributed by atoms with van der Waals surface area (Å²) >= 11 is 0. The second-order valence-electron chi connectivity index (χ2n) is 5.13. The highest BCUT2D eigenvalue weighted by Gasteiger charge is 2.24. The van der Waals surface area contributed by atoms with Gasteiger partial charge in [0.05, 0.1) is 7.11 Å². The molecule has 1 aliphatic rings. The van der Waals surface area contributed by atoms with Crippen molar-refractivity contribution in [2.75, 3.05) is 27.2 Å². The lowest BCUT2D eigenvalue weighted by atomic mass is 9.97. The van der Waals surface area contributed by atoms with Crippen molar-refractivity contribution in [3.05, 3.63) is 0 Å². The quantitative estimate of drug-likeness (QED) is 0.705. The van der Waals surface area contributed by atoms with Crippen molar-refractivity contribution in [1.29, 1.82) is 0 Å². The number of nitrogens with zero attached hydrogens (tertiary/aromatic N) is 1. The van der Waals surface area contributed by atoms with E-state index in [4.69, 9.17) is 4.74 Å². The van der Waals surface area contributed by atoms with Crippen LogP contribution < -0.4 is 5.32 Å². The highest BCUT2D eigenvalue weighted by Crippen LogP contribution is 2.21. The predicted molar refractivity (Wildman–Crippen MR) is 73.6 cm³/mol. The van der Waals surface area contributed by atoms with Crippen LogP contribution in [-0.4, -0.2) is 50.2 Å². The molecule has 0 bridgehead atoms. The van der Waals surface area contributed by atoms with Gasteiger partial charge in [-0.2, -0.15) is 0 Å². The lowest BCUT2D eigenvalue weighted by Crippen LogP contribution is -2.44. The lowest BCUT2D eigenvalue weighted by molar-refractivity contribution is -0.143. The number of piperidine rings is 1. The summed E-state index contributed by atoms with van der Waals surface area (Å²) in [7, 11) is 3.27. The first kappa shape index (κ1) is 15.4. The number of methoxy groups -OCH3 is 1. The van der Waals surface area contributed by atoms with Gasteiger partial charge in [0, 0.05) is 12.6 Å². The van der Waals surface area contributed by atoms with E-state index in [1.807, 2.05) is 7.05 Å². The SMILES string of the molecule is CCCC1CCCCN1CCC(NC)C(=O)OC. The van der Waals surface area contributed by atoms with E-state index in [1.54, 1.807) is 0 Å². The minimum Gasteiger partial charge on any atom is -0.468 e. The van der Waals surface area contributed by atoms with Crippen molar-refractivity contribution in [3.8, 4) is 0 Å². The van der Waals surface area contributed by atoms with Crippen LogP contribution in [0.1, 0.15) is 45.4 Å². The molecule has 0 saturated carbocycles. The fourth-order valence-electron chi connectivity index (χ4n) is 2.83. The van der Waals surface area contributed by atoms with Gasteiger partial charge in [0.25, 0.3) is 0 Å². The molecule has 1 saturated heterocycles. The van der Waals surface area contributed by atoms with E-state index in [2.05, 4.69) is 17.1 Å². The maximum atomic E-state index is 11.5. The molecule has 2 unspecified atom stereocenters. The Kier molecular flexibility index (Phi) is 7.28. The normalized spacial score (nSPS) is 22.7. The molecule has 1 heterocycles. The molecule has 4 nitrogen and oxygen atoms in total. The highest BCUT2D eigenvalue weighted by molar-refractivity contribution is 5.75. The van der Waals surface area contributed by atoms with Crippen molar-refractivity contribution in [2.24, 2.45) is 0 Å². The Balaban J connectivity index is 2.41. The zero-order valence-electron chi connectivity index (χ0n) is 12.1. The molecular formula is C14H28N2O2. The van der Waals surface area contributed by atoms with E-state index < -0.39 is 0 Å². The van der Waals surface area contributed by atoms with Gasteiger partial charge in [0.1, 0.15) is 6.04 Å². The molecule has 106 valence electrons. The van der Waals surface area contributed by atoms with Gasteiger partial charge in [-0.1, -0.05) is 19.8 Å². The Bertz CT molecular complexity index is 244. The van der Waals surface area contributed by atoms with Crippen LogP contribution in [-0.2, 0) is 9.53 Å². The molecule has 4 heteroatoms. The molecule has 1 aliphatic heterocycles. The summed E-state index contributed by atoms with van der Waals surface area (Å²) in [6.07, 6.45) is 7.33. The molecule has 0 aromatic heterocycles. The summed E-state index contributed by atoms with van der Waals surface area (Å²) < 4.78 is 4.80. The summed E-state index contributed by atoms with van der Waals surface area (Å²) in [5, 5.41) is 3.04. The molecule has 1 fully saturated rings. The van der Waals surface area contributed by atoms with Gasteiger partial charge in [0.2, 0.25) is 0 Å². The lowest BCUT2D eigenvalue weighted by Gasteiger charge is -2.36. The molecule has 0 aromatic carbocycles. The Labute approximate surface area is 111 Å². The molecule has 0 aromatic rings. The Morgan fingerprint density at radius 1 is 1.50 bits per heavy atom. The molecule has 0 radical (unpaired) electrons. The van der Waals surface area contributed by atoms with Crippen LogP contribution in [0.25, 0.3) is 0 Å². The van der Waals surface area contributed by atoms with E-state index >= 15 is 0 Å². The van der Waals surface area contributed by atoms with E-state index in [0.29, 0.717) is 0 Å². The Hall–Kier alpha value is -0.610. The third kappa shape index (κ3) is 4.58. The zero-order chi connectivity index (χ0) is 13.4. The van der Waals surface area contributed by atoms with Crippen molar-refractivity contribution < 1.29 is 9.53 Å². The molecule has 0 amide bonds. The molecule has 0 spiro atoms. The first-order chi connectivity index (χ1) is 8.72. The fraction of sp³-hybridized carbons (Fsp3) is 0.929. The van der Waals surface area contributed by atoms with Crippen LogP contribution >= 0.6 is 0 Å². The second kappa shape index (κ2) is 8.48. The maximum absolute atomic E-state index is 11.5. The van der Waals surface area contributed by atoms with Crippen molar-refractivity contribution in [2.45, 2.75) is 57.5 Å².